The first-order chi connectivity index (χ1) is 5.72. The summed E-state index contributed by atoms with van der Waals surface area (Å²) >= 11 is 0. The maximum absolute atomic E-state index is 10.6. The molecule has 0 aliphatic heterocycles. The highest BCUT2D eigenvalue weighted by atomic mass is 16.6. The first kappa shape index (κ1) is 10.7. The zero-order valence-corrected chi connectivity index (χ0v) is 7.20. The van der Waals surface area contributed by atoms with Crippen molar-refractivity contribution >= 4 is 11.9 Å². The lowest BCUT2D eigenvalue weighted by Gasteiger charge is -1.99. The van der Waals surface area contributed by atoms with Crippen molar-refractivity contribution in [2.24, 2.45) is 0 Å². The topological polar surface area (TPSA) is 52.6 Å². The van der Waals surface area contributed by atoms with E-state index < -0.39 is 11.9 Å². The van der Waals surface area contributed by atoms with Crippen LogP contribution in [0.3, 0.4) is 0 Å². The maximum atomic E-state index is 10.6. The van der Waals surface area contributed by atoms with Crippen LogP contribution < -0.4 is 0 Å². The van der Waals surface area contributed by atoms with E-state index >= 15 is 0 Å². The van der Waals surface area contributed by atoms with E-state index in [1.54, 1.807) is 0 Å². The summed E-state index contributed by atoms with van der Waals surface area (Å²) in [5, 5.41) is 0. The molecule has 0 spiro atoms. The van der Waals surface area contributed by atoms with Gasteiger partial charge in [0, 0.05) is 0 Å². The van der Waals surface area contributed by atoms with Crippen molar-refractivity contribution < 1.29 is 19.1 Å². The molecule has 0 rings (SSSR count). The zero-order chi connectivity index (χ0) is 9.40. The van der Waals surface area contributed by atoms with Gasteiger partial charge in [0.2, 0.25) is 0 Å². The average molecular weight is 172 g/mol. The Labute approximate surface area is 71.2 Å². The second-order valence-corrected chi connectivity index (χ2v) is 1.99. The Morgan fingerprint density at radius 3 is 2.50 bits per heavy atom. The molecule has 0 bridgehead atoms. The molecular formula is C8H12O4. The first-order valence-electron chi connectivity index (χ1n) is 3.58. The monoisotopic (exact) mass is 172 g/mol. The van der Waals surface area contributed by atoms with Gasteiger partial charge < -0.3 is 9.47 Å². The molecule has 0 aromatic heterocycles. The van der Waals surface area contributed by atoms with Gasteiger partial charge in [-0.1, -0.05) is 12.2 Å². The lowest BCUT2D eigenvalue weighted by molar-refractivity contribution is -0.165. The van der Waals surface area contributed by atoms with E-state index in [4.69, 9.17) is 0 Å². The van der Waals surface area contributed by atoms with Crippen LogP contribution in [0.25, 0.3) is 0 Å². The standard InChI is InChI=1S/C8H12O4/c1-3-4-5-6-12-8(10)7(9)11-2/h3-4H,5-6H2,1-2H3/b4-3+. The third-order valence-corrected chi connectivity index (χ3v) is 1.11. The van der Waals surface area contributed by atoms with Gasteiger partial charge in [-0.05, 0) is 13.3 Å². The molecule has 0 saturated carbocycles. The smallest absolute Gasteiger partial charge is 0.417 e. The molecule has 0 aromatic carbocycles. The zero-order valence-electron chi connectivity index (χ0n) is 7.20. The number of methoxy groups -OCH3 is 1. The Morgan fingerprint density at radius 2 is 2.00 bits per heavy atom. The Morgan fingerprint density at radius 1 is 1.33 bits per heavy atom. The van der Waals surface area contributed by atoms with Crippen LogP contribution in [0.5, 0.6) is 0 Å². The quantitative estimate of drug-likeness (QED) is 0.272. The fourth-order valence-corrected chi connectivity index (χ4v) is 0.529. The highest BCUT2D eigenvalue weighted by Crippen LogP contribution is 1.87. The summed E-state index contributed by atoms with van der Waals surface area (Å²) in [4.78, 5) is 21.1. The molecule has 0 amide bonds. The Balaban J connectivity index is 3.51. The van der Waals surface area contributed by atoms with E-state index in [0.29, 0.717) is 6.42 Å². The van der Waals surface area contributed by atoms with Gasteiger partial charge in [-0.3, -0.25) is 0 Å². The Kier molecular flexibility index (Phi) is 5.69. The third kappa shape index (κ3) is 4.49. The lowest BCUT2D eigenvalue weighted by atomic mass is 10.4. The second-order valence-electron chi connectivity index (χ2n) is 1.99. The molecule has 0 unspecified atom stereocenters. The Hall–Kier alpha value is -1.32. The first-order valence-corrected chi connectivity index (χ1v) is 3.58. The van der Waals surface area contributed by atoms with Crippen molar-refractivity contribution in [3.05, 3.63) is 12.2 Å². The molecule has 0 aliphatic rings. The molecule has 0 aromatic rings. The molecule has 0 N–H and O–H groups in total. The summed E-state index contributed by atoms with van der Waals surface area (Å²) in [5.41, 5.74) is 0. The Bertz CT molecular complexity index is 183. The molecule has 0 atom stereocenters. The van der Waals surface area contributed by atoms with Crippen molar-refractivity contribution in [1.29, 1.82) is 0 Å². The summed E-state index contributed by atoms with van der Waals surface area (Å²) in [5.74, 6) is -1.91. The van der Waals surface area contributed by atoms with Crippen LogP contribution in [0, 0.1) is 0 Å². The summed E-state index contributed by atoms with van der Waals surface area (Å²) < 4.78 is 8.67. The summed E-state index contributed by atoms with van der Waals surface area (Å²) in [7, 11) is 1.13. The minimum atomic E-state index is -0.963. The van der Waals surface area contributed by atoms with E-state index in [1.807, 2.05) is 19.1 Å². The van der Waals surface area contributed by atoms with Crippen LogP contribution in [0.1, 0.15) is 13.3 Å². The SMILES string of the molecule is C/C=C/CCOC(=O)C(=O)OC. The molecule has 4 nitrogen and oxygen atoms in total. The molecule has 68 valence electrons. The highest BCUT2D eigenvalue weighted by Gasteiger charge is 2.14. The summed E-state index contributed by atoms with van der Waals surface area (Å²) in [6, 6.07) is 0. The largest absolute Gasteiger partial charge is 0.461 e. The van der Waals surface area contributed by atoms with Gasteiger partial charge in [0.05, 0.1) is 13.7 Å². The van der Waals surface area contributed by atoms with Gasteiger partial charge in [0.1, 0.15) is 0 Å². The number of hydrogen-bond acceptors (Lipinski definition) is 4. The highest BCUT2D eigenvalue weighted by molar-refractivity contribution is 6.29. The van der Waals surface area contributed by atoms with Gasteiger partial charge in [-0.25, -0.2) is 9.59 Å². The molecular weight excluding hydrogens is 160 g/mol. The van der Waals surface area contributed by atoms with E-state index in [9.17, 15) is 9.59 Å². The minimum Gasteiger partial charge on any atom is -0.461 e. The number of rotatable bonds is 3. The molecule has 0 heterocycles. The normalized spacial score (nSPS) is 9.83. The van der Waals surface area contributed by atoms with Crippen molar-refractivity contribution in [2.45, 2.75) is 13.3 Å². The van der Waals surface area contributed by atoms with E-state index in [-0.39, 0.29) is 6.61 Å². The van der Waals surface area contributed by atoms with E-state index in [1.165, 1.54) is 0 Å². The predicted octanol–water partition coefficient (Wildman–Crippen LogP) is 0.669. The van der Waals surface area contributed by atoms with Gasteiger partial charge in [0.25, 0.3) is 0 Å². The molecule has 0 fully saturated rings. The summed E-state index contributed by atoms with van der Waals surface area (Å²) in [6.45, 7) is 2.07. The van der Waals surface area contributed by atoms with Crippen LogP contribution >= 0.6 is 0 Å². The fourth-order valence-electron chi connectivity index (χ4n) is 0.529. The van der Waals surface area contributed by atoms with Crippen LogP contribution in [0.4, 0.5) is 0 Å². The van der Waals surface area contributed by atoms with Crippen LogP contribution in [-0.4, -0.2) is 25.7 Å². The minimum absolute atomic E-state index is 0.207. The molecule has 4 heteroatoms. The van der Waals surface area contributed by atoms with Crippen LogP contribution in [0.15, 0.2) is 12.2 Å². The van der Waals surface area contributed by atoms with E-state index in [0.717, 1.165) is 7.11 Å². The fraction of sp³-hybridized carbons (Fsp3) is 0.500. The van der Waals surface area contributed by atoms with Crippen LogP contribution in [0.2, 0.25) is 0 Å². The van der Waals surface area contributed by atoms with Crippen LogP contribution in [-0.2, 0) is 19.1 Å². The predicted molar refractivity (Wildman–Crippen MR) is 42.4 cm³/mol. The number of carbonyl (C=O) groups excluding carboxylic acids is 2. The van der Waals surface area contributed by atoms with Crippen molar-refractivity contribution in [3.8, 4) is 0 Å². The van der Waals surface area contributed by atoms with Crippen molar-refractivity contribution in [2.75, 3.05) is 13.7 Å². The van der Waals surface area contributed by atoms with Crippen molar-refractivity contribution in [1.82, 2.24) is 0 Å². The van der Waals surface area contributed by atoms with Crippen molar-refractivity contribution in [3.63, 3.8) is 0 Å². The average Bonchev–Trinajstić information content (AvgIpc) is 2.10. The molecule has 12 heavy (non-hydrogen) atoms. The lowest BCUT2D eigenvalue weighted by Crippen LogP contribution is -2.18. The molecule has 0 aliphatic carbocycles. The van der Waals surface area contributed by atoms with E-state index in [2.05, 4.69) is 9.47 Å². The van der Waals surface area contributed by atoms with Gasteiger partial charge in [0.15, 0.2) is 0 Å². The number of carbonyl (C=O) groups is 2. The maximum Gasteiger partial charge on any atom is 0.417 e. The molecule has 0 saturated heterocycles. The number of hydrogen-bond donors (Lipinski definition) is 0. The van der Waals surface area contributed by atoms with Gasteiger partial charge in [-0.15, -0.1) is 0 Å². The summed E-state index contributed by atoms with van der Waals surface area (Å²) in [6.07, 6.45) is 4.29. The third-order valence-electron chi connectivity index (χ3n) is 1.11. The number of esters is 2. The van der Waals surface area contributed by atoms with Gasteiger partial charge in [-0.2, -0.15) is 0 Å². The number of ether oxygens (including phenoxy) is 2. The molecule has 0 radical (unpaired) electrons. The number of allylic oxidation sites excluding steroid dienone is 1. The van der Waals surface area contributed by atoms with Gasteiger partial charge >= 0.3 is 11.9 Å². The second kappa shape index (κ2) is 6.39.